The summed E-state index contributed by atoms with van der Waals surface area (Å²) < 4.78 is 4.54. The summed E-state index contributed by atoms with van der Waals surface area (Å²) in [6.45, 7) is 5.34. The van der Waals surface area contributed by atoms with E-state index < -0.39 is 0 Å². The minimum absolute atomic E-state index is 0.192. The third-order valence-corrected chi connectivity index (χ3v) is 1.86. The number of terminal acetylenes is 1. The highest BCUT2D eigenvalue weighted by atomic mass is 16.5. The second kappa shape index (κ2) is 6.50. The molecular formula is C10H17NO2. The van der Waals surface area contributed by atoms with E-state index in [1.54, 1.807) is 0 Å². The van der Waals surface area contributed by atoms with Gasteiger partial charge < -0.3 is 4.74 Å². The van der Waals surface area contributed by atoms with Gasteiger partial charge in [-0.25, -0.2) is 0 Å². The SMILES string of the molecule is C#CCN(CCC(=O)OC)C(C)C. The van der Waals surface area contributed by atoms with Crippen molar-refractivity contribution >= 4 is 5.97 Å². The molecule has 0 rings (SSSR count). The molecule has 0 N–H and O–H groups in total. The van der Waals surface area contributed by atoms with Crippen LogP contribution < -0.4 is 0 Å². The third-order valence-electron chi connectivity index (χ3n) is 1.86. The number of nitrogens with zero attached hydrogens (tertiary/aromatic N) is 1. The van der Waals surface area contributed by atoms with E-state index in [-0.39, 0.29) is 5.97 Å². The van der Waals surface area contributed by atoms with Gasteiger partial charge in [-0.2, -0.15) is 0 Å². The fraction of sp³-hybridized carbons (Fsp3) is 0.700. The van der Waals surface area contributed by atoms with Crippen molar-refractivity contribution in [2.75, 3.05) is 20.2 Å². The molecule has 0 unspecified atom stereocenters. The molecule has 0 saturated carbocycles. The third kappa shape index (κ3) is 5.26. The van der Waals surface area contributed by atoms with Gasteiger partial charge in [0.1, 0.15) is 0 Å². The number of ether oxygens (including phenoxy) is 1. The molecular weight excluding hydrogens is 166 g/mol. The Morgan fingerprint density at radius 2 is 2.23 bits per heavy atom. The number of rotatable bonds is 5. The number of hydrogen-bond acceptors (Lipinski definition) is 3. The summed E-state index contributed by atoms with van der Waals surface area (Å²) in [6, 6.07) is 0.362. The van der Waals surface area contributed by atoms with E-state index >= 15 is 0 Å². The quantitative estimate of drug-likeness (QED) is 0.468. The molecule has 0 aliphatic heterocycles. The molecule has 0 heterocycles. The van der Waals surface area contributed by atoms with Gasteiger partial charge in [0, 0.05) is 12.6 Å². The second-order valence-corrected chi connectivity index (χ2v) is 3.09. The molecule has 0 bridgehead atoms. The summed E-state index contributed by atoms with van der Waals surface area (Å²) in [5.74, 6) is 2.37. The number of esters is 1. The average molecular weight is 183 g/mol. The molecule has 0 saturated heterocycles. The lowest BCUT2D eigenvalue weighted by Gasteiger charge is -2.23. The van der Waals surface area contributed by atoms with Crippen molar-refractivity contribution in [2.45, 2.75) is 26.3 Å². The first-order chi connectivity index (χ1) is 6.11. The van der Waals surface area contributed by atoms with Gasteiger partial charge in [0.2, 0.25) is 0 Å². The van der Waals surface area contributed by atoms with E-state index in [0.717, 1.165) is 0 Å². The Morgan fingerprint density at radius 3 is 2.62 bits per heavy atom. The van der Waals surface area contributed by atoms with Crippen LogP contribution in [0.5, 0.6) is 0 Å². The molecule has 0 aromatic rings. The Balaban J connectivity index is 3.83. The maximum Gasteiger partial charge on any atom is 0.306 e. The molecule has 0 aromatic heterocycles. The largest absolute Gasteiger partial charge is 0.469 e. The Morgan fingerprint density at radius 1 is 1.62 bits per heavy atom. The number of methoxy groups -OCH3 is 1. The first-order valence-corrected chi connectivity index (χ1v) is 4.36. The van der Waals surface area contributed by atoms with Crippen LogP contribution in [0, 0.1) is 12.3 Å². The summed E-state index contributed by atoms with van der Waals surface area (Å²) in [7, 11) is 1.39. The maximum absolute atomic E-state index is 10.8. The predicted molar refractivity (Wildman–Crippen MR) is 52.2 cm³/mol. The van der Waals surface area contributed by atoms with Crippen molar-refractivity contribution in [3.8, 4) is 12.3 Å². The van der Waals surface area contributed by atoms with Gasteiger partial charge >= 0.3 is 5.97 Å². The minimum atomic E-state index is -0.192. The first-order valence-electron chi connectivity index (χ1n) is 4.36. The molecule has 0 aliphatic rings. The summed E-state index contributed by atoms with van der Waals surface area (Å²) in [4.78, 5) is 12.9. The summed E-state index contributed by atoms with van der Waals surface area (Å²) in [6.07, 6.45) is 5.60. The van der Waals surface area contributed by atoms with Crippen LogP contribution in [0.2, 0.25) is 0 Å². The Hall–Kier alpha value is -1.01. The van der Waals surface area contributed by atoms with Crippen molar-refractivity contribution in [3.05, 3.63) is 0 Å². The number of carbonyl (C=O) groups excluding carboxylic acids is 1. The Labute approximate surface area is 80.1 Å². The molecule has 0 radical (unpaired) electrons. The van der Waals surface area contributed by atoms with Gasteiger partial charge in [-0.1, -0.05) is 5.92 Å². The van der Waals surface area contributed by atoms with Gasteiger partial charge in [-0.3, -0.25) is 9.69 Å². The van der Waals surface area contributed by atoms with E-state index in [1.165, 1.54) is 7.11 Å². The molecule has 0 spiro atoms. The van der Waals surface area contributed by atoms with E-state index in [1.807, 2.05) is 0 Å². The van der Waals surface area contributed by atoms with Crippen LogP contribution in [0.3, 0.4) is 0 Å². The van der Waals surface area contributed by atoms with Crippen molar-refractivity contribution < 1.29 is 9.53 Å². The van der Waals surface area contributed by atoms with Crippen LogP contribution in [0.25, 0.3) is 0 Å². The zero-order chi connectivity index (χ0) is 10.3. The van der Waals surface area contributed by atoms with Crippen LogP contribution in [0.4, 0.5) is 0 Å². The zero-order valence-corrected chi connectivity index (χ0v) is 8.54. The van der Waals surface area contributed by atoms with Crippen LogP contribution in [-0.2, 0) is 9.53 Å². The van der Waals surface area contributed by atoms with Crippen LogP contribution in [0.15, 0.2) is 0 Å². The summed E-state index contributed by atoms with van der Waals surface area (Å²) >= 11 is 0. The lowest BCUT2D eigenvalue weighted by atomic mass is 10.3. The lowest BCUT2D eigenvalue weighted by molar-refractivity contribution is -0.141. The molecule has 0 aromatic carbocycles. The smallest absolute Gasteiger partial charge is 0.306 e. The lowest BCUT2D eigenvalue weighted by Crippen LogP contribution is -2.33. The first kappa shape index (κ1) is 12.0. The van der Waals surface area contributed by atoms with Crippen molar-refractivity contribution in [1.29, 1.82) is 0 Å². The zero-order valence-electron chi connectivity index (χ0n) is 8.54. The van der Waals surface area contributed by atoms with Gasteiger partial charge in [0.25, 0.3) is 0 Å². The molecule has 3 heteroatoms. The average Bonchev–Trinajstić information content (AvgIpc) is 2.11. The van der Waals surface area contributed by atoms with Crippen molar-refractivity contribution in [3.63, 3.8) is 0 Å². The van der Waals surface area contributed by atoms with Crippen LogP contribution in [-0.4, -0.2) is 37.1 Å². The molecule has 0 amide bonds. The van der Waals surface area contributed by atoms with Crippen LogP contribution in [0.1, 0.15) is 20.3 Å². The highest BCUT2D eigenvalue weighted by molar-refractivity contribution is 5.69. The fourth-order valence-electron chi connectivity index (χ4n) is 0.974. The maximum atomic E-state index is 10.8. The molecule has 74 valence electrons. The standard InChI is InChI=1S/C10H17NO2/c1-5-7-11(9(2)3)8-6-10(12)13-4/h1,9H,6-8H2,2-4H3. The Kier molecular flexibility index (Phi) is 5.99. The predicted octanol–water partition coefficient (Wildman–Crippen LogP) is 0.893. The van der Waals surface area contributed by atoms with E-state index in [0.29, 0.717) is 25.6 Å². The van der Waals surface area contributed by atoms with Gasteiger partial charge in [0.15, 0.2) is 0 Å². The number of hydrogen-bond donors (Lipinski definition) is 0. The van der Waals surface area contributed by atoms with E-state index in [4.69, 9.17) is 6.42 Å². The van der Waals surface area contributed by atoms with E-state index in [2.05, 4.69) is 29.4 Å². The van der Waals surface area contributed by atoms with Gasteiger partial charge in [-0.15, -0.1) is 6.42 Å². The second-order valence-electron chi connectivity index (χ2n) is 3.09. The fourth-order valence-corrected chi connectivity index (χ4v) is 0.974. The number of carbonyl (C=O) groups is 1. The normalized spacial score (nSPS) is 10.2. The van der Waals surface area contributed by atoms with E-state index in [9.17, 15) is 4.79 Å². The summed E-state index contributed by atoms with van der Waals surface area (Å²) in [5, 5.41) is 0. The molecule has 13 heavy (non-hydrogen) atoms. The molecule has 0 fully saturated rings. The van der Waals surface area contributed by atoms with Crippen LogP contribution >= 0.6 is 0 Å². The minimum Gasteiger partial charge on any atom is -0.469 e. The van der Waals surface area contributed by atoms with Gasteiger partial charge in [-0.05, 0) is 13.8 Å². The van der Waals surface area contributed by atoms with Crippen molar-refractivity contribution in [1.82, 2.24) is 4.90 Å². The van der Waals surface area contributed by atoms with Gasteiger partial charge in [0.05, 0.1) is 20.1 Å². The summed E-state index contributed by atoms with van der Waals surface area (Å²) in [5.41, 5.74) is 0. The molecule has 0 aliphatic carbocycles. The Bertz CT molecular complexity index is 194. The van der Waals surface area contributed by atoms with Crippen molar-refractivity contribution in [2.24, 2.45) is 0 Å². The topological polar surface area (TPSA) is 29.5 Å². The monoisotopic (exact) mass is 183 g/mol. The highest BCUT2D eigenvalue weighted by Crippen LogP contribution is 1.99. The molecule has 3 nitrogen and oxygen atoms in total. The highest BCUT2D eigenvalue weighted by Gasteiger charge is 2.09. The molecule has 0 atom stereocenters.